The third-order valence-electron chi connectivity index (χ3n) is 5.87. The Balaban J connectivity index is 1.70. The van der Waals surface area contributed by atoms with Crippen LogP contribution >= 0.6 is 0 Å². The lowest BCUT2D eigenvalue weighted by molar-refractivity contribution is -0.117. The van der Waals surface area contributed by atoms with E-state index in [4.69, 9.17) is 0 Å². The van der Waals surface area contributed by atoms with E-state index in [0.717, 1.165) is 25.9 Å². The highest BCUT2D eigenvalue weighted by atomic mass is 16.2. The number of piperidine rings is 1. The first kappa shape index (κ1) is 24.5. The van der Waals surface area contributed by atoms with Gasteiger partial charge in [0.1, 0.15) is 0 Å². The summed E-state index contributed by atoms with van der Waals surface area (Å²) < 4.78 is 0. The van der Waals surface area contributed by atoms with Crippen LogP contribution in [0.3, 0.4) is 0 Å². The normalized spacial score (nSPS) is 25.5. The third kappa shape index (κ3) is 7.18. The van der Waals surface area contributed by atoms with Gasteiger partial charge in [-0.15, -0.1) is 0 Å². The van der Waals surface area contributed by atoms with E-state index in [2.05, 4.69) is 37.4 Å². The number of likely N-dealkylation sites (tertiary alicyclic amines) is 1. The Morgan fingerprint density at radius 2 is 2.03 bits per heavy atom. The summed E-state index contributed by atoms with van der Waals surface area (Å²) in [5.74, 6) is 0.236. The van der Waals surface area contributed by atoms with Crippen molar-refractivity contribution in [2.45, 2.75) is 53.0 Å². The van der Waals surface area contributed by atoms with Crippen LogP contribution in [0.25, 0.3) is 0 Å². The molecule has 8 heteroatoms. The number of aromatic nitrogens is 1. The molecule has 0 aromatic carbocycles. The number of rotatable bonds is 6. The van der Waals surface area contributed by atoms with Gasteiger partial charge in [-0.25, -0.2) is 0 Å². The summed E-state index contributed by atoms with van der Waals surface area (Å²) in [6.07, 6.45) is 11.6. The number of hydrogen-bond acceptors (Lipinski definition) is 6. The lowest BCUT2D eigenvalue weighted by atomic mass is 10.0. The molecule has 0 spiro atoms. The number of pyridine rings is 1. The number of nitrogens with zero attached hydrogens (tertiary/aromatic N) is 4. The average molecular weight is 451 g/mol. The number of hydrogen-bond donors (Lipinski definition) is 2. The molecule has 2 atom stereocenters. The predicted molar refractivity (Wildman–Crippen MR) is 134 cm³/mol. The van der Waals surface area contributed by atoms with Crippen molar-refractivity contribution >= 4 is 35.6 Å². The molecule has 0 saturated carbocycles. The number of allylic oxidation sites excluding steroid dienone is 1. The minimum absolute atomic E-state index is 0.0271. The number of carbonyl (C=O) groups is 2. The van der Waals surface area contributed by atoms with E-state index in [1.54, 1.807) is 30.9 Å². The van der Waals surface area contributed by atoms with Crippen molar-refractivity contribution in [3.05, 3.63) is 41.4 Å². The number of anilines is 2. The van der Waals surface area contributed by atoms with Crippen molar-refractivity contribution in [1.29, 1.82) is 0 Å². The van der Waals surface area contributed by atoms with E-state index in [1.807, 2.05) is 26.8 Å². The van der Waals surface area contributed by atoms with Crippen molar-refractivity contribution in [2.24, 2.45) is 15.9 Å². The fourth-order valence-electron chi connectivity index (χ4n) is 3.93. The number of carbonyl (C=O) groups excluding carboxylic acids is 2. The molecular weight excluding hydrogens is 416 g/mol. The molecule has 1 aromatic rings. The van der Waals surface area contributed by atoms with Crippen LogP contribution in [-0.4, -0.2) is 59.8 Å². The van der Waals surface area contributed by atoms with Gasteiger partial charge in [-0.05, 0) is 63.3 Å². The van der Waals surface area contributed by atoms with E-state index in [-0.39, 0.29) is 17.9 Å². The fourth-order valence-corrected chi connectivity index (χ4v) is 3.93. The Bertz CT molecular complexity index is 995. The zero-order chi connectivity index (χ0) is 23.8. The maximum atomic E-state index is 13.1. The highest BCUT2D eigenvalue weighted by molar-refractivity contribution is 6.21. The van der Waals surface area contributed by atoms with Crippen molar-refractivity contribution < 1.29 is 9.59 Å². The highest BCUT2D eigenvalue weighted by Crippen LogP contribution is 2.20. The molecule has 2 amide bonds. The van der Waals surface area contributed by atoms with Crippen molar-refractivity contribution in [2.75, 3.05) is 30.3 Å². The Morgan fingerprint density at radius 3 is 2.79 bits per heavy atom. The Morgan fingerprint density at radius 1 is 1.21 bits per heavy atom. The molecule has 3 heterocycles. The summed E-state index contributed by atoms with van der Waals surface area (Å²) in [4.78, 5) is 40.9. The second-order valence-corrected chi connectivity index (χ2v) is 8.81. The standard InChI is InChI=1S/C25H34N6O2/c1-5-20-8-9-26-12-18(3)22(14-28-20)25(33)30-23-11-21(13-27-19(23)4)29-24(32)16-31-10-6-7-17(2)15-31/h8-9,11-14,17,20H,5-7,10,15-16H2,1-4H3,(H,29,32)(H,30,33)/b9-8-,22-18-,26-12-,28-14?. The second-order valence-electron chi connectivity index (χ2n) is 8.81. The Labute approximate surface area is 196 Å². The molecule has 2 aliphatic rings. The van der Waals surface area contributed by atoms with Crippen LogP contribution in [0.4, 0.5) is 11.4 Å². The molecule has 2 aliphatic heterocycles. The zero-order valence-corrected chi connectivity index (χ0v) is 20.0. The van der Waals surface area contributed by atoms with Gasteiger partial charge in [0, 0.05) is 25.2 Å². The second kappa shape index (κ2) is 11.7. The van der Waals surface area contributed by atoms with Gasteiger partial charge in [0.2, 0.25) is 5.91 Å². The molecule has 1 saturated heterocycles. The Kier molecular flexibility index (Phi) is 8.65. The minimum atomic E-state index is -0.296. The average Bonchev–Trinajstić information content (AvgIpc) is 2.86. The zero-order valence-electron chi connectivity index (χ0n) is 20.0. The summed E-state index contributed by atoms with van der Waals surface area (Å²) in [5.41, 5.74) is 2.90. The SMILES string of the molecule is CCC1\C=C/N=C\C(C)=C(/C(=O)Nc2cc(NC(=O)CN3CCCC(C)C3)cnc2C)C=N1. The van der Waals surface area contributed by atoms with Gasteiger partial charge in [0.15, 0.2) is 0 Å². The highest BCUT2D eigenvalue weighted by Gasteiger charge is 2.19. The molecular formula is C25H34N6O2. The smallest absolute Gasteiger partial charge is 0.257 e. The molecule has 0 radical (unpaired) electrons. The number of amides is 2. The summed E-state index contributed by atoms with van der Waals surface area (Å²) in [7, 11) is 0. The molecule has 1 fully saturated rings. The van der Waals surface area contributed by atoms with Crippen molar-refractivity contribution in [3.63, 3.8) is 0 Å². The molecule has 8 nitrogen and oxygen atoms in total. The first-order chi connectivity index (χ1) is 15.9. The van der Waals surface area contributed by atoms with Gasteiger partial charge in [-0.1, -0.05) is 13.8 Å². The minimum Gasteiger partial charge on any atom is -0.324 e. The largest absolute Gasteiger partial charge is 0.324 e. The number of nitrogens with one attached hydrogen (secondary N) is 2. The summed E-state index contributed by atoms with van der Waals surface area (Å²) in [6, 6.07) is 1.71. The number of aliphatic imine (C=N–C) groups is 2. The number of aryl methyl sites for hydroxylation is 1. The van der Waals surface area contributed by atoms with E-state index in [1.165, 1.54) is 6.42 Å². The van der Waals surface area contributed by atoms with E-state index in [0.29, 0.717) is 40.7 Å². The van der Waals surface area contributed by atoms with E-state index < -0.39 is 0 Å². The molecule has 1 aromatic heterocycles. The van der Waals surface area contributed by atoms with E-state index >= 15 is 0 Å². The van der Waals surface area contributed by atoms with Crippen LogP contribution in [0.1, 0.15) is 45.7 Å². The van der Waals surface area contributed by atoms with Crippen molar-refractivity contribution in [3.8, 4) is 0 Å². The summed E-state index contributed by atoms with van der Waals surface area (Å²) in [6.45, 7) is 10.1. The lowest BCUT2D eigenvalue weighted by Gasteiger charge is -2.30. The summed E-state index contributed by atoms with van der Waals surface area (Å²) >= 11 is 0. The maximum Gasteiger partial charge on any atom is 0.257 e. The van der Waals surface area contributed by atoms with Gasteiger partial charge in [0.25, 0.3) is 5.91 Å². The quantitative estimate of drug-likeness (QED) is 0.689. The van der Waals surface area contributed by atoms with Gasteiger partial charge in [-0.3, -0.25) is 29.5 Å². The molecule has 176 valence electrons. The van der Waals surface area contributed by atoms with Gasteiger partial charge >= 0.3 is 0 Å². The predicted octanol–water partition coefficient (Wildman–Crippen LogP) is 3.76. The Hall–Kier alpha value is -3.13. The first-order valence-corrected chi connectivity index (χ1v) is 11.6. The third-order valence-corrected chi connectivity index (χ3v) is 5.87. The first-order valence-electron chi connectivity index (χ1n) is 11.6. The molecule has 2 N–H and O–H groups in total. The molecule has 33 heavy (non-hydrogen) atoms. The summed E-state index contributed by atoms with van der Waals surface area (Å²) in [5, 5.41) is 5.83. The molecule has 0 aliphatic carbocycles. The monoisotopic (exact) mass is 450 g/mol. The van der Waals surface area contributed by atoms with Crippen LogP contribution in [-0.2, 0) is 9.59 Å². The fraction of sp³-hybridized carbons (Fsp3) is 0.480. The van der Waals surface area contributed by atoms with Crippen LogP contribution < -0.4 is 10.6 Å². The van der Waals surface area contributed by atoms with Gasteiger partial charge in [0.05, 0.1) is 41.4 Å². The van der Waals surface area contributed by atoms with Gasteiger partial charge < -0.3 is 10.6 Å². The van der Waals surface area contributed by atoms with E-state index in [9.17, 15) is 9.59 Å². The van der Waals surface area contributed by atoms with Crippen LogP contribution in [0.15, 0.2) is 45.7 Å². The topological polar surface area (TPSA) is 99.0 Å². The van der Waals surface area contributed by atoms with Gasteiger partial charge in [-0.2, -0.15) is 0 Å². The van der Waals surface area contributed by atoms with Crippen molar-refractivity contribution in [1.82, 2.24) is 9.88 Å². The molecule has 2 unspecified atom stereocenters. The van der Waals surface area contributed by atoms with Crippen LogP contribution in [0.2, 0.25) is 0 Å². The van der Waals surface area contributed by atoms with Crippen LogP contribution in [0, 0.1) is 12.8 Å². The maximum absolute atomic E-state index is 13.1. The lowest BCUT2D eigenvalue weighted by Crippen LogP contribution is -2.39. The molecule has 3 rings (SSSR count). The van der Waals surface area contributed by atoms with Crippen LogP contribution in [0.5, 0.6) is 0 Å². The molecule has 0 bridgehead atoms.